The maximum atomic E-state index is 12.5. The zero-order chi connectivity index (χ0) is 20.2. The molecule has 144 valence electrons. The van der Waals surface area contributed by atoms with Crippen LogP contribution in [-0.4, -0.2) is 11.8 Å². The van der Waals surface area contributed by atoms with Gasteiger partial charge in [0.25, 0.3) is 11.8 Å². The fraction of sp³-hybridized carbons (Fsp3) is 0.0833. The Labute approximate surface area is 174 Å². The van der Waals surface area contributed by atoms with E-state index in [9.17, 15) is 9.59 Å². The zero-order valence-corrected chi connectivity index (χ0v) is 16.8. The number of hydrogen-bond acceptors (Lipinski definition) is 3. The Bertz CT molecular complexity index is 1090. The molecule has 1 heterocycles. The lowest BCUT2D eigenvalue weighted by Crippen LogP contribution is -2.23. The van der Waals surface area contributed by atoms with Crippen molar-refractivity contribution in [1.29, 1.82) is 0 Å². The van der Waals surface area contributed by atoms with Crippen LogP contribution in [0.2, 0.25) is 0 Å². The van der Waals surface area contributed by atoms with Crippen LogP contribution in [0.3, 0.4) is 0 Å². The van der Waals surface area contributed by atoms with Crippen LogP contribution in [-0.2, 0) is 11.3 Å². The standard InChI is InChI=1S/C24H20N2O2S/c1-16-7-9-17(10-8-16)13-22-24(28)26-20-14-19(11-12-21(20)29-22)23(27)25-15-18-5-3-2-4-6-18/h2-14H,15H2,1H3,(H,25,27)(H,26,28)/b22-13+. The summed E-state index contributed by atoms with van der Waals surface area (Å²) in [5.41, 5.74) is 4.37. The molecule has 2 amide bonds. The van der Waals surface area contributed by atoms with Gasteiger partial charge in [-0.3, -0.25) is 9.59 Å². The van der Waals surface area contributed by atoms with Gasteiger partial charge in [-0.25, -0.2) is 0 Å². The quantitative estimate of drug-likeness (QED) is 0.605. The SMILES string of the molecule is Cc1ccc(/C=C2/Sc3ccc(C(=O)NCc4ccccc4)cc3NC2=O)cc1. The maximum absolute atomic E-state index is 12.5. The first kappa shape index (κ1) is 19.0. The van der Waals surface area contributed by atoms with E-state index in [1.165, 1.54) is 17.3 Å². The van der Waals surface area contributed by atoms with Gasteiger partial charge in [0.1, 0.15) is 0 Å². The van der Waals surface area contributed by atoms with E-state index in [2.05, 4.69) is 10.6 Å². The molecule has 4 nitrogen and oxygen atoms in total. The first-order valence-corrected chi connectivity index (χ1v) is 10.1. The second kappa shape index (κ2) is 8.37. The van der Waals surface area contributed by atoms with Crippen LogP contribution in [0.5, 0.6) is 0 Å². The van der Waals surface area contributed by atoms with E-state index in [-0.39, 0.29) is 11.8 Å². The first-order valence-electron chi connectivity index (χ1n) is 9.32. The summed E-state index contributed by atoms with van der Waals surface area (Å²) in [7, 11) is 0. The van der Waals surface area contributed by atoms with Gasteiger partial charge in [-0.05, 0) is 42.3 Å². The number of benzene rings is 3. The van der Waals surface area contributed by atoms with Crippen LogP contribution in [0.25, 0.3) is 6.08 Å². The van der Waals surface area contributed by atoms with Gasteiger partial charge < -0.3 is 10.6 Å². The molecule has 0 unspecified atom stereocenters. The molecule has 1 aliphatic rings. The number of fused-ring (bicyclic) bond motifs is 1. The number of aryl methyl sites for hydroxylation is 1. The number of carbonyl (C=O) groups is 2. The summed E-state index contributed by atoms with van der Waals surface area (Å²) in [6, 6.07) is 23.2. The van der Waals surface area contributed by atoms with Gasteiger partial charge in [0.2, 0.25) is 0 Å². The van der Waals surface area contributed by atoms with E-state index in [4.69, 9.17) is 0 Å². The molecular formula is C24H20N2O2S. The zero-order valence-electron chi connectivity index (χ0n) is 15.9. The molecule has 0 radical (unpaired) electrons. The van der Waals surface area contributed by atoms with Crippen LogP contribution in [0, 0.1) is 6.92 Å². The van der Waals surface area contributed by atoms with Crippen molar-refractivity contribution >= 4 is 35.3 Å². The molecule has 0 aliphatic carbocycles. The van der Waals surface area contributed by atoms with Gasteiger partial charge in [0, 0.05) is 17.0 Å². The number of hydrogen-bond donors (Lipinski definition) is 2. The number of anilines is 1. The highest BCUT2D eigenvalue weighted by atomic mass is 32.2. The normalized spacial score (nSPS) is 14.2. The summed E-state index contributed by atoms with van der Waals surface area (Å²) in [6.07, 6.45) is 1.88. The maximum Gasteiger partial charge on any atom is 0.262 e. The Kier molecular flexibility index (Phi) is 5.49. The summed E-state index contributed by atoms with van der Waals surface area (Å²) in [5.74, 6) is -0.332. The van der Waals surface area contributed by atoms with Crippen LogP contribution >= 0.6 is 11.8 Å². The first-order chi connectivity index (χ1) is 14.1. The average molecular weight is 401 g/mol. The van der Waals surface area contributed by atoms with Crippen molar-refractivity contribution < 1.29 is 9.59 Å². The van der Waals surface area contributed by atoms with E-state index in [1.54, 1.807) is 12.1 Å². The highest BCUT2D eigenvalue weighted by Crippen LogP contribution is 2.39. The second-order valence-electron chi connectivity index (χ2n) is 6.85. The van der Waals surface area contributed by atoms with Crippen molar-refractivity contribution in [3.63, 3.8) is 0 Å². The van der Waals surface area contributed by atoms with Crippen molar-refractivity contribution in [2.45, 2.75) is 18.4 Å². The molecule has 0 saturated carbocycles. The average Bonchev–Trinajstić information content (AvgIpc) is 2.74. The summed E-state index contributed by atoms with van der Waals surface area (Å²) in [6.45, 7) is 2.49. The summed E-state index contributed by atoms with van der Waals surface area (Å²) < 4.78 is 0. The molecule has 1 aliphatic heterocycles. The fourth-order valence-electron chi connectivity index (χ4n) is 3.00. The molecule has 4 rings (SSSR count). The number of carbonyl (C=O) groups excluding carboxylic acids is 2. The predicted octanol–water partition coefficient (Wildman–Crippen LogP) is 5.01. The topological polar surface area (TPSA) is 58.2 Å². The van der Waals surface area contributed by atoms with Gasteiger partial charge in [0.05, 0.1) is 10.6 Å². The number of thioether (sulfide) groups is 1. The predicted molar refractivity (Wildman–Crippen MR) is 118 cm³/mol. The van der Waals surface area contributed by atoms with Gasteiger partial charge in [-0.15, -0.1) is 0 Å². The van der Waals surface area contributed by atoms with E-state index in [1.807, 2.05) is 73.7 Å². The van der Waals surface area contributed by atoms with E-state index in [0.29, 0.717) is 22.7 Å². The molecule has 0 atom stereocenters. The van der Waals surface area contributed by atoms with Gasteiger partial charge in [-0.2, -0.15) is 0 Å². The number of nitrogens with one attached hydrogen (secondary N) is 2. The van der Waals surface area contributed by atoms with Crippen LogP contribution in [0.1, 0.15) is 27.0 Å². The Morgan fingerprint density at radius 2 is 1.79 bits per heavy atom. The Hall–Kier alpha value is -3.31. The molecule has 0 spiro atoms. The smallest absolute Gasteiger partial charge is 0.262 e. The molecule has 29 heavy (non-hydrogen) atoms. The lowest BCUT2D eigenvalue weighted by Gasteiger charge is -2.19. The van der Waals surface area contributed by atoms with Gasteiger partial charge in [0.15, 0.2) is 0 Å². The fourth-order valence-corrected chi connectivity index (χ4v) is 3.93. The molecular weight excluding hydrogens is 380 g/mol. The van der Waals surface area contributed by atoms with E-state index < -0.39 is 0 Å². The van der Waals surface area contributed by atoms with Crippen molar-refractivity contribution in [3.8, 4) is 0 Å². The van der Waals surface area contributed by atoms with Gasteiger partial charge >= 0.3 is 0 Å². The Balaban J connectivity index is 1.48. The lowest BCUT2D eigenvalue weighted by atomic mass is 10.1. The summed E-state index contributed by atoms with van der Waals surface area (Å²) >= 11 is 1.41. The highest BCUT2D eigenvalue weighted by molar-refractivity contribution is 8.04. The van der Waals surface area contributed by atoms with Crippen LogP contribution in [0.4, 0.5) is 5.69 Å². The Morgan fingerprint density at radius 3 is 2.55 bits per heavy atom. The van der Waals surface area contributed by atoms with E-state index >= 15 is 0 Å². The summed E-state index contributed by atoms with van der Waals surface area (Å²) in [4.78, 5) is 26.5. The monoisotopic (exact) mass is 400 g/mol. The molecule has 3 aromatic rings. The van der Waals surface area contributed by atoms with E-state index in [0.717, 1.165) is 16.0 Å². The molecule has 2 N–H and O–H groups in total. The molecule has 0 bridgehead atoms. The largest absolute Gasteiger partial charge is 0.348 e. The van der Waals surface area contributed by atoms with Crippen molar-refractivity contribution in [3.05, 3.63) is 100.0 Å². The summed E-state index contributed by atoms with van der Waals surface area (Å²) in [5, 5.41) is 5.81. The minimum atomic E-state index is -0.170. The number of amides is 2. The van der Waals surface area contributed by atoms with Crippen LogP contribution < -0.4 is 10.6 Å². The third kappa shape index (κ3) is 4.58. The second-order valence-corrected chi connectivity index (χ2v) is 7.94. The molecule has 0 fully saturated rings. The molecule has 5 heteroatoms. The lowest BCUT2D eigenvalue weighted by molar-refractivity contribution is -0.112. The number of rotatable bonds is 4. The highest BCUT2D eigenvalue weighted by Gasteiger charge is 2.22. The van der Waals surface area contributed by atoms with Gasteiger partial charge in [-0.1, -0.05) is 71.9 Å². The Morgan fingerprint density at radius 1 is 1.03 bits per heavy atom. The van der Waals surface area contributed by atoms with Crippen molar-refractivity contribution in [2.24, 2.45) is 0 Å². The minimum absolute atomic E-state index is 0.162. The molecule has 0 aromatic heterocycles. The van der Waals surface area contributed by atoms with Crippen molar-refractivity contribution in [2.75, 3.05) is 5.32 Å². The third-order valence-corrected chi connectivity index (χ3v) is 5.70. The van der Waals surface area contributed by atoms with Crippen LogP contribution in [0.15, 0.2) is 82.6 Å². The third-order valence-electron chi connectivity index (χ3n) is 4.60. The van der Waals surface area contributed by atoms with Crippen molar-refractivity contribution in [1.82, 2.24) is 5.32 Å². The minimum Gasteiger partial charge on any atom is -0.348 e. The molecule has 3 aromatic carbocycles. The molecule has 0 saturated heterocycles.